The summed E-state index contributed by atoms with van der Waals surface area (Å²) in [5.41, 5.74) is 6.00. The van der Waals surface area contributed by atoms with Gasteiger partial charge < -0.3 is 15.7 Å². The van der Waals surface area contributed by atoms with Crippen LogP contribution in [-0.4, -0.2) is 41.8 Å². The summed E-state index contributed by atoms with van der Waals surface area (Å²) >= 11 is 0. The van der Waals surface area contributed by atoms with E-state index in [-0.39, 0.29) is 12.1 Å². The molecule has 3 atom stereocenters. The minimum absolute atomic E-state index is 0.206. The molecule has 3 N–H and O–H groups in total. The summed E-state index contributed by atoms with van der Waals surface area (Å²) < 4.78 is 0. The molecule has 2 fully saturated rings. The maximum absolute atomic E-state index is 9.58. The number of hydrogen-bond donors (Lipinski definition) is 2. The molecule has 82 valence electrons. The highest BCUT2D eigenvalue weighted by Crippen LogP contribution is 2.31. The highest BCUT2D eigenvalue weighted by Gasteiger charge is 2.31. The first-order chi connectivity index (χ1) is 6.65. The summed E-state index contributed by atoms with van der Waals surface area (Å²) in [5.74, 6) is 1.31. The van der Waals surface area contributed by atoms with Gasteiger partial charge in [-0.15, -0.1) is 0 Å². The van der Waals surface area contributed by atoms with Crippen molar-refractivity contribution in [2.75, 3.05) is 19.6 Å². The minimum atomic E-state index is -0.206. The van der Waals surface area contributed by atoms with Crippen LogP contribution in [0.3, 0.4) is 0 Å². The van der Waals surface area contributed by atoms with Gasteiger partial charge in [0.1, 0.15) is 0 Å². The van der Waals surface area contributed by atoms with Crippen LogP contribution < -0.4 is 5.73 Å². The SMILES string of the molecule is CC(O)C1CC(N)CN(CC2CC2)C1. The molecule has 0 aromatic rings. The molecule has 1 aliphatic carbocycles. The first kappa shape index (κ1) is 10.4. The summed E-state index contributed by atoms with van der Waals surface area (Å²) in [4.78, 5) is 2.45. The second-order valence-electron chi connectivity index (χ2n) is 5.16. The Bertz CT molecular complexity index is 190. The molecule has 2 aliphatic rings. The molecule has 1 heterocycles. The van der Waals surface area contributed by atoms with Gasteiger partial charge in [0.15, 0.2) is 0 Å². The Morgan fingerprint density at radius 1 is 1.43 bits per heavy atom. The van der Waals surface area contributed by atoms with Crippen molar-refractivity contribution in [3.63, 3.8) is 0 Å². The molecule has 0 aromatic heterocycles. The lowest BCUT2D eigenvalue weighted by Crippen LogP contribution is -2.50. The number of nitrogens with zero attached hydrogens (tertiary/aromatic N) is 1. The second-order valence-corrected chi connectivity index (χ2v) is 5.16. The molecular weight excluding hydrogens is 176 g/mol. The van der Waals surface area contributed by atoms with Gasteiger partial charge in [0.05, 0.1) is 6.10 Å². The van der Waals surface area contributed by atoms with Gasteiger partial charge in [0.2, 0.25) is 0 Å². The first-order valence-electron chi connectivity index (χ1n) is 5.81. The fourth-order valence-corrected chi connectivity index (χ4v) is 2.44. The van der Waals surface area contributed by atoms with Gasteiger partial charge in [-0.3, -0.25) is 0 Å². The Balaban J connectivity index is 1.84. The van der Waals surface area contributed by atoms with Crippen molar-refractivity contribution in [2.24, 2.45) is 17.6 Å². The highest BCUT2D eigenvalue weighted by molar-refractivity contribution is 4.86. The van der Waals surface area contributed by atoms with Crippen molar-refractivity contribution >= 4 is 0 Å². The van der Waals surface area contributed by atoms with E-state index in [0.717, 1.165) is 25.4 Å². The van der Waals surface area contributed by atoms with E-state index in [9.17, 15) is 5.11 Å². The Labute approximate surface area is 86.3 Å². The lowest BCUT2D eigenvalue weighted by molar-refractivity contribution is 0.0529. The summed E-state index contributed by atoms with van der Waals surface area (Å²) in [6.45, 7) is 5.16. The number of aliphatic hydroxyl groups excluding tert-OH is 1. The number of nitrogens with two attached hydrogens (primary N) is 1. The van der Waals surface area contributed by atoms with Gasteiger partial charge in [-0.25, -0.2) is 0 Å². The zero-order valence-electron chi connectivity index (χ0n) is 9.02. The molecule has 3 nitrogen and oxygen atoms in total. The lowest BCUT2D eigenvalue weighted by Gasteiger charge is -2.37. The van der Waals surface area contributed by atoms with Gasteiger partial charge >= 0.3 is 0 Å². The quantitative estimate of drug-likeness (QED) is 0.691. The van der Waals surface area contributed by atoms with Gasteiger partial charge in [-0.1, -0.05) is 0 Å². The molecule has 2 rings (SSSR count). The predicted molar refractivity (Wildman–Crippen MR) is 56.9 cm³/mol. The molecule has 0 bridgehead atoms. The van der Waals surface area contributed by atoms with Gasteiger partial charge in [0, 0.05) is 25.7 Å². The van der Waals surface area contributed by atoms with Crippen molar-refractivity contribution in [3.8, 4) is 0 Å². The number of rotatable bonds is 3. The Morgan fingerprint density at radius 2 is 2.14 bits per heavy atom. The molecule has 3 unspecified atom stereocenters. The average molecular weight is 198 g/mol. The van der Waals surface area contributed by atoms with E-state index in [2.05, 4.69) is 4.90 Å². The van der Waals surface area contributed by atoms with Crippen molar-refractivity contribution in [1.82, 2.24) is 4.90 Å². The predicted octanol–water partition coefficient (Wildman–Crippen LogP) is 0.426. The van der Waals surface area contributed by atoms with Crippen molar-refractivity contribution < 1.29 is 5.11 Å². The largest absolute Gasteiger partial charge is 0.393 e. The molecule has 1 saturated heterocycles. The van der Waals surface area contributed by atoms with Crippen LogP contribution in [0.5, 0.6) is 0 Å². The molecule has 1 aliphatic heterocycles. The van der Waals surface area contributed by atoms with E-state index in [1.165, 1.54) is 19.4 Å². The molecule has 0 spiro atoms. The Hall–Kier alpha value is -0.120. The third-order valence-corrected chi connectivity index (χ3v) is 3.49. The third-order valence-electron chi connectivity index (χ3n) is 3.49. The fourth-order valence-electron chi connectivity index (χ4n) is 2.44. The minimum Gasteiger partial charge on any atom is -0.393 e. The summed E-state index contributed by atoms with van der Waals surface area (Å²) in [6.07, 6.45) is 3.57. The van der Waals surface area contributed by atoms with E-state index < -0.39 is 0 Å². The number of piperidine rings is 1. The average Bonchev–Trinajstić information content (AvgIpc) is 2.87. The van der Waals surface area contributed by atoms with E-state index in [1.54, 1.807) is 0 Å². The van der Waals surface area contributed by atoms with E-state index in [1.807, 2.05) is 6.92 Å². The normalized spacial score (nSPS) is 37.1. The first-order valence-corrected chi connectivity index (χ1v) is 5.81. The molecule has 14 heavy (non-hydrogen) atoms. The van der Waals surface area contributed by atoms with Crippen LogP contribution in [0.25, 0.3) is 0 Å². The Morgan fingerprint density at radius 3 is 2.71 bits per heavy atom. The van der Waals surface area contributed by atoms with Crippen molar-refractivity contribution in [2.45, 2.75) is 38.3 Å². The van der Waals surface area contributed by atoms with Crippen LogP contribution in [0.4, 0.5) is 0 Å². The van der Waals surface area contributed by atoms with Gasteiger partial charge in [0.25, 0.3) is 0 Å². The van der Waals surface area contributed by atoms with Crippen LogP contribution in [0, 0.1) is 11.8 Å². The maximum atomic E-state index is 9.58. The molecule has 0 radical (unpaired) electrons. The molecule has 3 heteroatoms. The second kappa shape index (κ2) is 4.17. The number of hydrogen-bond acceptors (Lipinski definition) is 3. The lowest BCUT2D eigenvalue weighted by atomic mass is 9.90. The smallest absolute Gasteiger partial charge is 0.0553 e. The third kappa shape index (κ3) is 2.69. The number of likely N-dealkylation sites (tertiary alicyclic amines) is 1. The highest BCUT2D eigenvalue weighted by atomic mass is 16.3. The standard InChI is InChI=1S/C11H22N2O/c1-8(14)10-4-11(12)7-13(6-10)5-9-2-3-9/h8-11,14H,2-7,12H2,1H3. The molecule has 1 saturated carbocycles. The number of aliphatic hydroxyl groups is 1. The molecular formula is C11H22N2O. The molecule has 0 amide bonds. The molecule has 0 aromatic carbocycles. The van der Waals surface area contributed by atoms with Crippen LogP contribution in [0.15, 0.2) is 0 Å². The zero-order chi connectivity index (χ0) is 10.1. The van der Waals surface area contributed by atoms with E-state index in [4.69, 9.17) is 5.73 Å². The maximum Gasteiger partial charge on any atom is 0.0553 e. The van der Waals surface area contributed by atoms with Gasteiger partial charge in [-0.2, -0.15) is 0 Å². The fraction of sp³-hybridized carbons (Fsp3) is 1.00. The summed E-state index contributed by atoms with van der Waals surface area (Å²) in [6, 6.07) is 0.266. The monoisotopic (exact) mass is 198 g/mol. The van der Waals surface area contributed by atoms with E-state index in [0.29, 0.717) is 5.92 Å². The zero-order valence-corrected chi connectivity index (χ0v) is 9.02. The summed E-state index contributed by atoms with van der Waals surface area (Å²) in [5, 5.41) is 9.58. The van der Waals surface area contributed by atoms with Crippen LogP contribution in [0.2, 0.25) is 0 Å². The van der Waals surface area contributed by atoms with Crippen LogP contribution in [-0.2, 0) is 0 Å². The van der Waals surface area contributed by atoms with Crippen molar-refractivity contribution in [1.29, 1.82) is 0 Å². The van der Waals surface area contributed by atoms with Crippen LogP contribution >= 0.6 is 0 Å². The van der Waals surface area contributed by atoms with Gasteiger partial charge in [-0.05, 0) is 38.0 Å². The topological polar surface area (TPSA) is 49.5 Å². The van der Waals surface area contributed by atoms with E-state index >= 15 is 0 Å². The Kier molecular flexibility index (Phi) is 3.10. The van der Waals surface area contributed by atoms with Crippen molar-refractivity contribution in [3.05, 3.63) is 0 Å². The van der Waals surface area contributed by atoms with Crippen LogP contribution in [0.1, 0.15) is 26.2 Å². The summed E-state index contributed by atoms with van der Waals surface area (Å²) in [7, 11) is 0.